The fourth-order valence-electron chi connectivity index (χ4n) is 2.13. The Balaban J connectivity index is 2.12. The smallest absolute Gasteiger partial charge is 0.160 e. The molecule has 2 aromatic carbocycles. The Morgan fingerprint density at radius 1 is 0.864 bits per heavy atom. The van der Waals surface area contributed by atoms with E-state index in [9.17, 15) is 0 Å². The summed E-state index contributed by atoms with van der Waals surface area (Å²) in [6, 6.07) is 15.3. The molecular weight excluding hydrogens is 383 g/mol. The summed E-state index contributed by atoms with van der Waals surface area (Å²) in [4.78, 5) is 9.17. The Morgan fingerprint density at radius 2 is 1.68 bits per heavy atom. The fraction of sp³-hybridized carbons (Fsp3) is 0.0588. The van der Waals surface area contributed by atoms with Crippen LogP contribution in [-0.2, 0) is 0 Å². The van der Waals surface area contributed by atoms with Crippen molar-refractivity contribution >= 4 is 39.1 Å². The van der Waals surface area contributed by atoms with Crippen molar-refractivity contribution in [2.45, 2.75) is 6.92 Å². The number of nitrogens with zero attached hydrogens (tertiary/aromatic N) is 2. The second kappa shape index (κ2) is 6.37. The first-order valence-corrected chi connectivity index (χ1v) is 8.15. The number of hydrogen-bond donors (Lipinski definition) is 0. The Hall–Kier alpha value is -1.42. The molecule has 2 nitrogen and oxygen atoms in total. The van der Waals surface area contributed by atoms with E-state index in [4.69, 9.17) is 23.2 Å². The van der Waals surface area contributed by atoms with Gasteiger partial charge in [0.1, 0.15) is 0 Å². The van der Waals surface area contributed by atoms with Gasteiger partial charge in [0.2, 0.25) is 0 Å². The van der Waals surface area contributed by atoms with Gasteiger partial charge in [-0.15, -0.1) is 0 Å². The molecule has 3 rings (SSSR count). The normalized spacial score (nSPS) is 10.7. The van der Waals surface area contributed by atoms with Crippen LogP contribution in [0.4, 0.5) is 0 Å². The standard InChI is InChI=1S/C17H11BrCl2N2/c1-10-7-16(11-5-6-14(19)15(20)9-11)22-17(21-10)12-3-2-4-13(18)8-12/h2-9H,1H3. The monoisotopic (exact) mass is 392 g/mol. The molecule has 0 aliphatic rings. The van der Waals surface area contributed by atoms with Crippen LogP contribution in [0.1, 0.15) is 5.69 Å². The predicted octanol–water partition coefficient (Wildman–Crippen LogP) is 6.19. The zero-order chi connectivity index (χ0) is 15.7. The molecule has 0 N–H and O–H groups in total. The second-order valence-corrected chi connectivity index (χ2v) is 6.59. The number of halogens is 3. The summed E-state index contributed by atoms with van der Waals surface area (Å²) >= 11 is 15.5. The van der Waals surface area contributed by atoms with Gasteiger partial charge < -0.3 is 0 Å². The summed E-state index contributed by atoms with van der Waals surface area (Å²) in [7, 11) is 0. The molecular formula is C17H11BrCl2N2. The lowest BCUT2D eigenvalue weighted by atomic mass is 10.1. The summed E-state index contributed by atoms with van der Waals surface area (Å²) in [6.45, 7) is 1.95. The molecule has 0 aliphatic heterocycles. The molecule has 0 aliphatic carbocycles. The number of aromatic nitrogens is 2. The number of benzene rings is 2. The topological polar surface area (TPSA) is 25.8 Å². The van der Waals surface area contributed by atoms with Gasteiger partial charge in [-0.2, -0.15) is 0 Å². The van der Waals surface area contributed by atoms with Gasteiger partial charge in [-0.3, -0.25) is 0 Å². The van der Waals surface area contributed by atoms with Crippen molar-refractivity contribution in [3.8, 4) is 22.6 Å². The highest BCUT2D eigenvalue weighted by Crippen LogP contribution is 2.29. The highest BCUT2D eigenvalue weighted by Gasteiger charge is 2.09. The molecule has 110 valence electrons. The van der Waals surface area contributed by atoms with Crippen molar-refractivity contribution < 1.29 is 0 Å². The highest BCUT2D eigenvalue weighted by molar-refractivity contribution is 9.10. The molecule has 5 heteroatoms. The first kappa shape index (κ1) is 15.5. The molecule has 0 saturated heterocycles. The minimum absolute atomic E-state index is 0.513. The minimum Gasteiger partial charge on any atom is -0.233 e. The summed E-state index contributed by atoms with van der Waals surface area (Å²) in [5.74, 6) is 0.683. The van der Waals surface area contributed by atoms with Crippen LogP contribution in [-0.4, -0.2) is 9.97 Å². The van der Waals surface area contributed by atoms with Crippen LogP contribution in [0, 0.1) is 6.92 Å². The van der Waals surface area contributed by atoms with Crippen LogP contribution in [0.3, 0.4) is 0 Å². The van der Waals surface area contributed by atoms with Crippen molar-refractivity contribution in [1.82, 2.24) is 9.97 Å². The van der Waals surface area contributed by atoms with E-state index < -0.39 is 0 Å². The van der Waals surface area contributed by atoms with E-state index in [1.54, 1.807) is 6.07 Å². The zero-order valence-electron chi connectivity index (χ0n) is 11.6. The van der Waals surface area contributed by atoms with Crippen molar-refractivity contribution in [3.63, 3.8) is 0 Å². The van der Waals surface area contributed by atoms with E-state index in [1.165, 1.54) is 0 Å². The third-order valence-corrected chi connectivity index (χ3v) is 4.38. The molecule has 3 aromatic rings. The number of hydrogen-bond acceptors (Lipinski definition) is 2. The maximum absolute atomic E-state index is 6.10. The highest BCUT2D eigenvalue weighted by atomic mass is 79.9. The number of aryl methyl sites for hydroxylation is 1. The minimum atomic E-state index is 0.513. The van der Waals surface area contributed by atoms with Gasteiger partial charge in [-0.25, -0.2) is 9.97 Å². The molecule has 0 fully saturated rings. The first-order chi connectivity index (χ1) is 10.5. The van der Waals surface area contributed by atoms with Crippen molar-refractivity contribution in [3.05, 3.63) is 68.7 Å². The molecule has 0 saturated carbocycles. The Bertz CT molecular complexity index is 850. The summed E-state index contributed by atoms with van der Waals surface area (Å²) in [6.07, 6.45) is 0. The average molecular weight is 394 g/mol. The van der Waals surface area contributed by atoms with Crippen LogP contribution >= 0.6 is 39.1 Å². The molecule has 22 heavy (non-hydrogen) atoms. The predicted molar refractivity (Wildman–Crippen MR) is 95.4 cm³/mol. The van der Waals surface area contributed by atoms with Crippen molar-refractivity contribution in [1.29, 1.82) is 0 Å². The van der Waals surface area contributed by atoms with Crippen LogP contribution in [0.15, 0.2) is 53.0 Å². The van der Waals surface area contributed by atoms with E-state index in [0.717, 1.165) is 27.0 Å². The van der Waals surface area contributed by atoms with E-state index >= 15 is 0 Å². The molecule has 0 bridgehead atoms. The van der Waals surface area contributed by atoms with Gasteiger partial charge in [0, 0.05) is 21.3 Å². The molecule has 1 aromatic heterocycles. The average Bonchev–Trinajstić information content (AvgIpc) is 2.49. The van der Waals surface area contributed by atoms with Crippen molar-refractivity contribution in [2.75, 3.05) is 0 Å². The fourth-order valence-corrected chi connectivity index (χ4v) is 2.83. The Morgan fingerprint density at radius 3 is 2.41 bits per heavy atom. The maximum Gasteiger partial charge on any atom is 0.160 e. The molecule has 1 heterocycles. The Kier molecular flexibility index (Phi) is 4.48. The van der Waals surface area contributed by atoms with E-state index in [-0.39, 0.29) is 0 Å². The Labute approximate surface area is 147 Å². The largest absolute Gasteiger partial charge is 0.233 e. The molecule has 0 atom stereocenters. The quantitative estimate of drug-likeness (QED) is 0.518. The molecule has 0 unspecified atom stereocenters. The third-order valence-electron chi connectivity index (χ3n) is 3.15. The van der Waals surface area contributed by atoms with Crippen LogP contribution < -0.4 is 0 Å². The van der Waals surface area contributed by atoms with Gasteiger partial charge in [0.05, 0.1) is 15.7 Å². The summed E-state index contributed by atoms with van der Waals surface area (Å²) < 4.78 is 0.992. The van der Waals surface area contributed by atoms with Gasteiger partial charge in [0.15, 0.2) is 5.82 Å². The third kappa shape index (κ3) is 3.32. The van der Waals surface area contributed by atoms with Gasteiger partial charge in [-0.05, 0) is 37.3 Å². The van der Waals surface area contributed by atoms with Gasteiger partial charge >= 0.3 is 0 Å². The molecule has 0 radical (unpaired) electrons. The SMILES string of the molecule is Cc1cc(-c2ccc(Cl)c(Cl)c2)nc(-c2cccc(Br)c2)n1. The summed E-state index contributed by atoms with van der Waals surface area (Å²) in [5, 5.41) is 1.04. The maximum atomic E-state index is 6.10. The van der Waals surface area contributed by atoms with E-state index in [2.05, 4.69) is 25.9 Å². The van der Waals surface area contributed by atoms with Crippen molar-refractivity contribution in [2.24, 2.45) is 0 Å². The van der Waals surface area contributed by atoms with Crippen LogP contribution in [0.25, 0.3) is 22.6 Å². The van der Waals surface area contributed by atoms with E-state index in [1.807, 2.05) is 49.4 Å². The number of rotatable bonds is 2. The van der Waals surface area contributed by atoms with Crippen LogP contribution in [0.2, 0.25) is 10.0 Å². The summed E-state index contributed by atoms with van der Waals surface area (Å²) in [5.41, 5.74) is 3.59. The molecule has 0 spiro atoms. The zero-order valence-corrected chi connectivity index (χ0v) is 14.7. The lowest BCUT2D eigenvalue weighted by molar-refractivity contribution is 1.11. The van der Waals surface area contributed by atoms with Gasteiger partial charge in [0.25, 0.3) is 0 Å². The van der Waals surface area contributed by atoms with E-state index in [0.29, 0.717) is 15.9 Å². The van der Waals surface area contributed by atoms with Gasteiger partial charge in [-0.1, -0.05) is 57.3 Å². The lowest BCUT2D eigenvalue weighted by Crippen LogP contribution is -1.95. The van der Waals surface area contributed by atoms with Crippen LogP contribution in [0.5, 0.6) is 0 Å². The lowest BCUT2D eigenvalue weighted by Gasteiger charge is -2.08. The first-order valence-electron chi connectivity index (χ1n) is 6.60. The molecule has 0 amide bonds. The second-order valence-electron chi connectivity index (χ2n) is 4.86.